The van der Waals surface area contributed by atoms with Crippen LogP contribution >= 0.6 is 0 Å². The molecule has 3 N–H and O–H groups in total. The molecule has 0 fully saturated rings. The smallest absolute Gasteiger partial charge is 0.254 e. The van der Waals surface area contributed by atoms with Crippen LogP contribution in [0.2, 0.25) is 0 Å². The maximum Gasteiger partial charge on any atom is 0.254 e. The quantitative estimate of drug-likeness (QED) is 0.575. The summed E-state index contributed by atoms with van der Waals surface area (Å²) in [6.45, 7) is 0.536. The first kappa shape index (κ1) is 16.8. The van der Waals surface area contributed by atoms with E-state index in [2.05, 4.69) is 0 Å². The zero-order chi connectivity index (χ0) is 16.0. The van der Waals surface area contributed by atoms with Crippen LogP contribution in [0.15, 0.2) is 18.2 Å². The second-order valence-electron chi connectivity index (χ2n) is 4.78. The number of benzene rings is 1. The standard InChI is InChI=1S/C14H21N3O4/c1-16(2)13(19)9-17(6-7-21-3)14(20)10-4-5-11(15)12(18)8-10/h4-5,8,18H,6-7,9,15H2,1-3H3. The molecule has 0 aliphatic heterocycles. The average Bonchev–Trinajstić information content (AvgIpc) is 2.45. The van der Waals surface area contributed by atoms with Gasteiger partial charge in [0.2, 0.25) is 5.91 Å². The summed E-state index contributed by atoms with van der Waals surface area (Å²) in [5.74, 6) is -0.719. The minimum absolute atomic E-state index is 0.0552. The number of hydrogen-bond donors (Lipinski definition) is 2. The number of phenols is 1. The van der Waals surface area contributed by atoms with E-state index in [4.69, 9.17) is 10.5 Å². The topological polar surface area (TPSA) is 96.1 Å². The Bertz CT molecular complexity index is 517. The van der Waals surface area contributed by atoms with Gasteiger partial charge in [-0.3, -0.25) is 9.59 Å². The summed E-state index contributed by atoms with van der Waals surface area (Å²) in [5.41, 5.74) is 5.97. The van der Waals surface area contributed by atoms with E-state index in [1.165, 1.54) is 35.1 Å². The molecule has 7 nitrogen and oxygen atoms in total. The number of aromatic hydroxyl groups is 1. The Morgan fingerprint density at radius 2 is 2.00 bits per heavy atom. The molecule has 0 spiro atoms. The van der Waals surface area contributed by atoms with Crippen LogP contribution in [0.3, 0.4) is 0 Å². The van der Waals surface area contributed by atoms with Crippen LogP contribution in [0.1, 0.15) is 10.4 Å². The van der Waals surface area contributed by atoms with Crippen LogP contribution < -0.4 is 5.73 Å². The van der Waals surface area contributed by atoms with Gasteiger partial charge in [0.1, 0.15) is 12.3 Å². The predicted molar refractivity (Wildman–Crippen MR) is 79.0 cm³/mol. The Morgan fingerprint density at radius 3 is 2.52 bits per heavy atom. The van der Waals surface area contributed by atoms with E-state index in [-0.39, 0.29) is 41.9 Å². The second-order valence-corrected chi connectivity index (χ2v) is 4.78. The van der Waals surface area contributed by atoms with Crippen molar-refractivity contribution < 1.29 is 19.4 Å². The molecule has 0 bridgehead atoms. The van der Waals surface area contributed by atoms with Crippen molar-refractivity contribution in [1.29, 1.82) is 0 Å². The van der Waals surface area contributed by atoms with E-state index in [0.717, 1.165) is 0 Å². The van der Waals surface area contributed by atoms with Crippen molar-refractivity contribution in [2.24, 2.45) is 0 Å². The molecule has 0 saturated heterocycles. The summed E-state index contributed by atoms with van der Waals surface area (Å²) < 4.78 is 4.96. The molecule has 0 radical (unpaired) electrons. The minimum atomic E-state index is -0.363. The van der Waals surface area contributed by atoms with Crippen LogP contribution in [-0.2, 0) is 9.53 Å². The third-order valence-corrected chi connectivity index (χ3v) is 2.95. The van der Waals surface area contributed by atoms with Gasteiger partial charge >= 0.3 is 0 Å². The van der Waals surface area contributed by atoms with Crippen molar-refractivity contribution in [3.8, 4) is 5.75 Å². The number of nitrogens with two attached hydrogens (primary N) is 1. The van der Waals surface area contributed by atoms with Crippen LogP contribution in [0, 0.1) is 0 Å². The number of nitrogens with zero attached hydrogens (tertiary/aromatic N) is 2. The fourth-order valence-corrected chi connectivity index (χ4v) is 1.62. The van der Waals surface area contributed by atoms with Crippen molar-refractivity contribution in [2.45, 2.75) is 0 Å². The number of likely N-dealkylation sites (N-methyl/N-ethyl adjacent to an activating group) is 1. The first-order valence-corrected chi connectivity index (χ1v) is 6.43. The van der Waals surface area contributed by atoms with Gasteiger partial charge in [-0.2, -0.15) is 0 Å². The average molecular weight is 295 g/mol. The monoisotopic (exact) mass is 295 g/mol. The van der Waals surface area contributed by atoms with E-state index in [9.17, 15) is 14.7 Å². The fraction of sp³-hybridized carbons (Fsp3) is 0.429. The van der Waals surface area contributed by atoms with Gasteiger partial charge in [0.25, 0.3) is 5.91 Å². The lowest BCUT2D eigenvalue weighted by atomic mass is 10.1. The maximum absolute atomic E-state index is 12.4. The number of nitrogen functional groups attached to an aromatic ring is 1. The number of carbonyl (C=O) groups is 2. The van der Waals surface area contributed by atoms with Gasteiger partial charge in [-0.1, -0.05) is 0 Å². The number of anilines is 1. The largest absolute Gasteiger partial charge is 0.506 e. The van der Waals surface area contributed by atoms with Gasteiger partial charge < -0.3 is 25.4 Å². The number of ether oxygens (including phenoxy) is 1. The molecular formula is C14H21N3O4. The summed E-state index contributed by atoms with van der Waals surface area (Å²) in [6, 6.07) is 4.25. The lowest BCUT2D eigenvalue weighted by Crippen LogP contribution is -2.41. The Balaban J connectivity index is 2.92. The molecule has 0 aliphatic rings. The van der Waals surface area contributed by atoms with Gasteiger partial charge in [0.05, 0.1) is 12.3 Å². The molecule has 1 aromatic carbocycles. The van der Waals surface area contributed by atoms with Gasteiger partial charge in [0.15, 0.2) is 0 Å². The summed E-state index contributed by atoms with van der Waals surface area (Å²) in [7, 11) is 4.76. The van der Waals surface area contributed by atoms with Gasteiger partial charge in [-0.15, -0.1) is 0 Å². The van der Waals surface area contributed by atoms with E-state index < -0.39 is 0 Å². The Kier molecular flexibility index (Phi) is 5.98. The Labute approximate surface area is 123 Å². The zero-order valence-corrected chi connectivity index (χ0v) is 12.5. The predicted octanol–water partition coefficient (Wildman–Crippen LogP) is 0.151. The van der Waals surface area contributed by atoms with E-state index in [1.54, 1.807) is 14.1 Å². The number of methoxy groups -OCH3 is 1. The molecule has 116 valence electrons. The van der Waals surface area contributed by atoms with E-state index in [0.29, 0.717) is 6.61 Å². The normalized spacial score (nSPS) is 10.2. The summed E-state index contributed by atoms with van der Waals surface area (Å²) >= 11 is 0. The second kappa shape index (κ2) is 7.49. The van der Waals surface area contributed by atoms with Crippen LogP contribution in [0.25, 0.3) is 0 Å². The summed E-state index contributed by atoms with van der Waals surface area (Å²) in [5, 5.41) is 9.58. The molecule has 1 rings (SSSR count). The molecule has 0 unspecified atom stereocenters. The van der Waals surface area contributed by atoms with Gasteiger partial charge in [-0.05, 0) is 18.2 Å². The third kappa shape index (κ3) is 4.64. The van der Waals surface area contributed by atoms with Crippen molar-refractivity contribution >= 4 is 17.5 Å². The van der Waals surface area contributed by atoms with Gasteiger partial charge in [0, 0.05) is 33.3 Å². The number of phenolic OH excluding ortho intramolecular Hbond substituents is 1. The molecule has 0 saturated carbocycles. The highest BCUT2D eigenvalue weighted by Crippen LogP contribution is 2.21. The van der Waals surface area contributed by atoms with E-state index in [1.807, 2.05) is 0 Å². The molecule has 2 amide bonds. The molecule has 0 aromatic heterocycles. The molecule has 0 heterocycles. The highest BCUT2D eigenvalue weighted by Gasteiger charge is 2.20. The van der Waals surface area contributed by atoms with Crippen molar-refractivity contribution in [3.63, 3.8) is 0 Å². The van der Waals surface area contributed by atoms with Crippen LogP contribution in [0.4, 0.5) is 5.69 Å². The molecule has 1 aromatic rings. The summed E-state index contributed by atoms with van der Waals surface area (Å²) in [4.78, 5) is 27.0. The molecule has 21 heavy (non-hydrogen) atoms. The maximum atomic E-state index is 12.4. The van der Waals surface area contributed by atoms with E-state index >= 15 is 0 Å². The first-order chi connectivity index (χ1) is 9.86. The molecular weight excluding hydrogens is 274 g/mol. The number of hydrogen-bond acceptors (Lipinski definition) is 5. The zero-order valence-electron chi connectivity index (χ0n) is 12.5. The molecule has 0 atom stereocenters. The first-order valence-electron chi connectivity index (χ1n) is 6.43. The lowest BCUT2D eigenvalue weighted by molar-refractivity contribution is -0.129. The lowest BCUT2D eigenvalue weighted by Gasteiger charge is -2.23. The highest BCUT2D eigenvalue weighted by atomic mass is 16.5. The van der Waals surface area contributed by atoms with Crippen LogP contribution in [-0.4, -0.2) is 67.6 Å². The third-order valence-electron chi connectivity index (χ3n) is 2.95. The van der Waals surface area contributed by atoms with Crippen molar-refractivity contribution in [3.05, 3.63) is 23.8 Å². The SMILES string of the molecule is COCCN(CC(=O)N(C)C)C(=O)c1ccc(N)c(O)c1. The van der Waals surface area contributed by atoms with Crippen molar-refractivity contribution in [1.82, 2.24) is 9.80 Å². The number of amides is 2. The summed E-state index contributed by atoms with van der Waals surface area (Å²) in [6.07, 6.45) is 0. The Hall–Kier alpha value is -2.28. The Morgan fingerprint density at radius 1 is 1.33 bits per heavy atom. The molecule has 0 aliphatic carbocycles. The molecule has 7 heteroatoms. The number of carbonyl (C=O) groups excluding carboxylic acids is 2. The minimum Gasteiger partial charge on any atom is -0.506 e. The number of rotatable bonds is 6. The van der Waals surface area contributed by atoms with Crippen LogP contribution in [0.5, 0.6) is 5.75 Å². The van der Waals surface area contributed by atoms with Gasteiger partial charge in [-0.25, -0.2) is 0 Å². The van der Waals surface area contributed by atoms with Crippen molar-refractivity contribution in [2.75, 3.05) is 46.6 Å². The fourth-order valence-electron chi connectivity index (χ4n) is 1.62. The highest BCUT2D eigenvalue weighted by molar-refractivity contribution is 5.97.